The Balaban J connectivity index is 2.97. The van der Waals surface area contributed by atoms with Crippen LogP contribution in [-0.2, 0) is 11.2 Å². The molecule has 0 saturated carbocycles. The third kappa shape index (κ3) is 3.35. The van der Waals surface area contributed by atoms with Gasteiger partial charge in [0.25, 0.3) is 0 Å². The molecule has 5 heteroatoms. The molecule has 0 heterocycles. The normalized spacial score (nSPS) is 11.9. The van der Waals surface area contributed by atoms with Gasteiger partial charge in [-0.1, -0.05) is 0 Å². The zero-order valence-corrected chi connectivity index (χ0v) is 10.1. The summed E-state index contributed by atoms with van der Waals surface area (Å²) in [6.45, 7) is 0.218. The minimum absolute atomic E-state index is 0.218. The Hall–Kier alpha value is -1.75. The molecule has 4 N–H and O–H groups in total. The molecule has 1 atom stereocenters. The Kier molecular flexibility index (Phi) is 4.78. The molecule has 5 nitrogen and oxygen atoms in total. The van der Waals surface area contributed by atoms with Crippen molar-refractivity contribution in [2.75, 3.05) is 20.8 Å². The summed E-state index contributed by atoms with van der Waals surface area (Å²) in [5.41, 5.74) is 11.6. The first-order valence-electron chi connectivity index (χ1n) is 5.32. The minimum Gasteiger partial charge on any atom is -0.497 e. The van der Waals surface area contributed by atoms with Crippen molar-refractivity contribution < 1.29 is 14.3 Å². The standard InChI is InChI=1S/C12H18N2O3/c1-16-10-3-4-11(17-2)8(6-10)5-9(7-13)12(14)15/h3-4,6,9H,5,7,13H2,1-2H3,(H2,14,15). The fraction of sp³-hybridized carbons (Fsp3) is 0.417. The number of carbonyl (C=O) groups is 1. The topological polar surface area (TPSA) is 87.6 Å². The van der Waals surface area contributed by atoms with E-state index >= 15 is 0 Å². The summed E-state index contributed by atoms with van der Waals surface area (Å²) in [5.74, 6) is 0.611. The molecule has 1 aromatic carbocycles. The monoisotopic (exact) mass is 238 g/mol. The average Bonchev–Trinajstić information content (AvgIpc) is 2.35. The number of methoxy groups -OCH3 is 2. The highest BCUT2D eigenvalue weighted by atomic mass is 16.5. The lowest BCUT2D eigenvalue weighted by atomic mass is 9.98. The third-order valence-electron chi connectivity index (χ3n) is 2.64. The Labute approximate surface area is 101 Å². The highest BCUT2D eigenvalue weighted by molar-refractivity contribution is 5.77. The molecular weight excluding hydrogens is 220 g/mol. The second-order valence-corrected chi connectivity index (χ2v) is 3.72. The van der Waals surface area contributed by atoms with Gasteiger partial charge in [0.15, 0.2) is 0 Å². The van der Waals surface area contributed by atoms with E-state index in [9.17, 15) is 4.79 Å². The Morgan fingerprint density at radius 3 is 2.53 bits per heavy atom. The summed E-state index contributed by atoms with van der Waals surface area (Å²) in [4.78, 5) is 11.2. The van der Waals surface area contributed by atoms with Gasteiger partial charge < -0.3 is 20.9 Å². The maximum Gasteiger partial charge on any atom is 0.222 e. The van der Waals surface area contributed by atoms with Crippen molar-refractivity contribution in [3.63, 3.8) is 0 Å². The Morgan fingerprint density at radius 2 is 2.06 bits per heavy atom. The van der Waals surface area contributed by atoms with Crippen LogP contribution < -0.4 is 20.9 Å². The molecule has 0 aliphatic carbocycles. The van der Waals surface area contributed by atoms with Crippen LogP contribution in [0.5, 0.6) is 11.5 Å². The Bertz CT molecular complexity index is 393. The first-order chi connectivity index (χ1) is 8.12. The second-order valence-electron chi connectivity index (χ2n) is 3.72. The van der Waals surface area contributed by atoms with E-state index < -0.39 is 11.8 Å². The van der Waals surface area contributed by atoms with E-state index in [1.165, 1.54) is 0 Å². The molecule has 0 saturated heterocycles. The molecule has 0 aliphatic heterocycles. The molecule has 1 aromatic rings. The molecule has 94 valence electrons. The number of nitrogens with two attached hydrogens (primary N) is 2. The number of amides is 1. The highest BCUT2D eigenvalue weighted by Crippen LogP contribution is 2.26. The summed E-state index contributed by atoms with van der Waals surface area (Å²) in [5, 5.41) is 0. The highest BCUT2D eigenvalue weighted by Gasteiger charge is 2.17. The van der Waals surface area contributed by atoms with Crippen LogP contribution in [0.15, 0.2) is 18.2 Å². The first kappa shape index (κ1) is 13.3. The van der Waals surface area contributed by atoms with Crippen LogP contribution in [0.4, 0.5) is 0 Å². The predicted octanol–water partition coefficient (Wildman–Crippen LogP) is 0.306. The van der Waals surface area contributed by atoms with Gasteiger partial charge in [-0.15, -0.1) is 0 Å². The number of hydrogen-bond donors (Lipinski definition) is 2. The Morgan fingerprint density at radius 1 is 1.35 bits per heavy atom. The average molecular weight is 238 g/mol. The van der Waals surface area contributed by atoms with Gasteiger partial charge in [-0.2, -0.15) is 0 Å². The van der Waals surface area contributed by atoms with Gasteiger partial charge in [-0.3, -0.25) is 4.79 Å². The van der Waals surface area contributed by atoms with E-state index in [0.29, 0.717) is 17.9 Å². The summed E-state index contributed by atoms with van der Waals surface area (Å²) in [7, 11) is 3.16. The summed E-state index contributed by atoms with van der Waals surface area (Å²) >= 11 is 0. The first-order valence-corrected chi connectivity index (χ1v) is 5.32. The number of primary amides is 1. The van der Waals surface area contributed by atoms with Gasteiger partial charge in [0.05, 0.1) is 20.1 Å². The lowest BCUT2D eigenvalue weighted by Gasteiger charge is -2.14. The number of carbonyl (C=O) groups excluding carboxylic acids is 1. The summed E-state index contributed by atoms with van der Waals surface area (Å²) in [6, 6.07) is 5.41. The van der Waals surface area contributed by atoms with Gasteiger partial charge in [-0.25, -0.2) is 0 Å². The predicted molar refractivity (Wildman–Crippen MR) is 65.0 cm³/mol. The van der Waals surface area contributed by atoms with E-state index in [1.807, 2.05) is 6.07 Å². The molecular formula is C12H18N2O3. The van der Waals surface area contributed by atoms with Crippen LogP contribution in [0.25, 0.3) is 0 Å². The lowest BCUT2D eigenvalue weighted by Crippen LogP contribution is -2.31. The molecule has 1 unspecified atom stereocenters. The number of hydrogen-bond acceptors (Lipinski definition) is 4. The van der Waals surface area contributed by atoms with Crippen LogP contribution in [0.3, 0.4) is 0 Å². The van der Waals surface area contributed by atoms with Gasteiger partial charge in [0.2, 0.25) is 5.91 Å². The van der Waals surface area contributed by atoms with Crippen molar-refractivity contribution in [2.45, 2.75) is 6.42 Å². The van der Waals surface area contributed by atoms with Gasteiger partial charge in [0, 0.05) is 6.54 Å². The number of rotatable bonds is 6. The summed E-state index contributed by atoms with van der Waals surface area (Å²) in [6.07, 6.45) is 0.451. The summed E-state index contributed by atoms with van der Waals surface area (Å²) < 4.78 is 10.3. The molecule has 0 fully saturated rings. The van der Waals surface area contributed by atoms with Crippen LogP contribution >= 0.6 is 0 Å². The van der Waals surface area contributed by atoms with Crippen molar-refractivity contribution in [1.82, 2.24) is 0 Å². The van der Waals surface area contributed by atoms with Crippen LogP contribution in [-0.4, -0.2) is 26.7 Å². The zero-order chi connectivity index (χ0) is 12.8. The molecule has 1 rings (SSSR count). The molecule has 17 heavy (non-hydrogen) atoms. The van der Waals surface area contributed by atoms with Crippen LogP contribution in [0.2, 0.25) is 0 Å². The maximum atomic E-state index is 11.2. The fourth-order valence-electron chi connectivity index (χ4n) is 1.61. The van der Waals surface area contributed by atoms with Crippen molar-refractivity contribution in [1.29, 1.82) is 0 Å². The van der Waals surface area contributed by atoms with E-state index in [2.05, 4.69) is 0 Å². The largest absolute Gasteiger partial charge is 0.497 e. The van der Waals surface area contributed by atoms with Crippen LogP contribution in [0.1, 0.15) is 5.56 Å². The molecule has 0 bridgehead atoms. The maximum absolute atomic E-state index is 11.2. The van der Waals surface area contributed by atoms with E-state index in [0.717, 1.165) is 5.56 Å². The fourth-order valence-corrected chi connectivity index (χ4v) is 1.61. The van der Waals surface area contributed by atoms with E-state index in [-0.39, 0.29) is 6.54 Å². The van der Waals surface area contributed by atoms with Crippen molar-refractivity contribution >= 4 is 5.91 Å². The SMILES string of the molecule is COc1ccc(OC)c(CC(CN)C(N)=O)c1. The third-order valence-corrected chi connectivity index (χ3v) is 2.64. The van der Waals surface area contributed by atoms with Gasteiger partial charge >= 0.3 is 0 Å². The minimum atomic E-state index is -0.405. The lowest BCUT2D eigenvalue weighted by molar-refractivity contribution is -0.121. The quantitative estimate of drug-likeness (QED) is 0.746. The molecule has 1 amide bonds. The van der Waals surface area contributed by atoms with Crippen molar-refractivity contribution in [3.8, 4) is 11.5 Å². The molecule has 0 aliphatic rings. The van der Waals surface area contributed by atoms with Gasteiger partial charge in [-0.05, 0) is 30.2 Å². The zero-order valence-electron chi connectivity index (χ0n) is 10.1. The van der Waals surface area contributed by atoms with Crippen molar-refractivity contribution in [2.24, 2.45) is 17.4 Å². The molecule has 0 spiro atoms. The van der Waals surface area contributed by atoms with Gasteiger partial charge in [0.1, 0.15) is 11.5 Å². The van der Waals surface area contributed by atoms with E-state index in [1.54, 1.807) is 26.4 Å². The second kappa shape index (κ2) is 6.10. The molecule has 0 radical (unpaired) electrons. The number of benzene rings is 1. The van der Waals surface area contributed by atoms with Crippen molar-refractivity contribution in [3.05, 3.63) is 23.8 Å². The van der Waals surface area contributed by atoms with Crippen LogP contribution in [0, 0.1) is 5.92 Å². The number of ether oxygens (including phenoxy) is 2. The molecule has 0 aromatic heterocycles. The smallest absolute Gasteiger partial charge is 0.222 e. The van der Waals surface area contributed by atoms with E-state index in [4.69, 9.17) is 20.9 Å².